The van der Waals surface area contributed by atoms with Gasteiger partial charge in [0.2, 0.25) is 0 Å². The van der Waals surface area contributed by atoms with E-state index in [1.54, 1.807) is 0 Å². The molecule has 2 unspecified atom stereocenters. The molecule has 2 fully saturated rings. The van der Waals surface area contributed by atoms with E-state index in [4.69, 9.17) is 10.1 Å². The summed E-state index contributed by atoms with van der Waals surface area (Å²) < 4.78 is 5.31. The standard InChI is InChI=1S/C7H11N3O2/c1-4-7(2-3-12-4)5(8)9-6(11)10-7/h4H,2-3H2,1H3,(H3,8,9,10,11). The molecular weight excluding hydrogens is 158 g/mol. The van der Waals surface area contributed by atoms with E-state index >= 15 is 0 Å². The van der Waals surface area contributed by atoms with E-state index in [0.717, 1.165) is 0 Å². The first-order valence-corrected chi connectivity index (χ1v) is 3.95. The minimum absolute atomic E-state index is 0.107. The van der Waals surface area contributed by atoms with Crippen molar-refractivity contribution in [2.75, 3.05) is 6.61 Å². The summed E-state index contributed by atoms with van der Waals surface area (Å²) >= 11 is 0. The maximum absolute atomic E-state index is 10.9. The SMILES string of the molecule is CC1OCCC12NC(=O)NC2=N. The number of hydrogen-bond acceptors (Lipinski definition) is 3. The fourth-order valence-electron chi connectivity index (χ4n) is 1.76. The van der Waals surface area contributed by atoms with Crippen molar-refractivity contribution in [1.82, 2.24) is 10.6 Å². The van der Waals surface area contributed by atoms with Crippen LogP contribution in [0.3, 0.4) is 0 Å². The van der Waals surface area contributed by atoms with Crippen molar-refractivity contribution >= 4 is 11.9 Å². The second-order valence-electron chi connectivity index (χ2n) is 3.19. The maximum Gasteiger partial charge on any atom is 0.321 e. The van der Waals surface area contributed by atoms with Gasteiger partial charge in [-0.2, -0.15) is 0 Å². The number of rotatable bonds is 0. The Bertz CT molecular complexity index is 253. The summed E-state index contributed by atoms with van der Waals surface area (Å²) in [4.78, 5) is 10.9. The lowest BCUT2D eigenvalue weighted by atomic mass is 9.92. The third-order valence-electron chi connectivity index (χ3n) is 2.58. The van der Waals surface area contributed by atoms with Gasteiger partial charge in [0.15, 0.2) is 0 Å². The van der Waals surface area contributed by atoms with E-state index in [1.807, 2.05) is 6.92 Å². The summed E-state index contributed by atoms with van der Waals surface area (Å²) in [5.74, 6) is 0.234. The van der Waals surface area contributed by atoms with Gasteiger partial charge in [-0.25, -0.2) is 4.79 Å². The molecule has 2 saturated heterocycles. The predicted molar refractivity (Wildman–Crippen MR) is 42.2 cm³/mol. The molecule has 66 valence electrons. The molecule has 0 aliphatic carbocycles. The topological polar surface area (TPSA) is 74.2 Å². The van der Waals surface area contributed by atoms with Crippen molar-refractivity contribution in [3.63, 3.8) is 0 Å². The highest BCUT2D eigenvalue weighted by atomic mass is 16.5. The first kappa shape index (κ1) is 7.54. The Kier molecular flexibility index (Phi) is 1.38. The highest BCUT2D eigenvalue weighted by Gasteiger charge is 2.51. The summed E-state index contributed by atoms with van der Waals surface area (Å²) in [5, 5.41) is 12.7. The largest absolute Gasteiger partial charge is 0.375 e. The Balaban J connectivity index is 2.31. The van der Waals surface area contributed by atoms with Crippen LogP contribution >= 0.6 is 0 Å². The van der Waals surface area contributed by atoms with E-state index in [0.29, 0.717) is 13.0 Å². The third-order valence-corrected chi connectivity index (χ3v) is 2.58. The first-order valence-electron chi connectivity index (χ1n) is 3.95. The summed E-state index contributed by atoms with van der Waals surface area (Å²) in [7, 11) is 0. The number of amides is 2. The molecule has 1 spiro atoms. The fourth-order valence-corrected chi connectivity index (χ4v) is 1.76. The summed E-state index contributed by atoms with van der Waals surface area (Å²) in [5.41, 5.74) is -0.572. The van der Waals surface area contributed by atoms with Crippen LogP contribution in [0, 0.1) is 5.41 Å². The molecule has 2 amide bonds. The quantitative estimate of drug-likeness (QED) is 0.470. The first-order chi connectivity index (χ1) is 5.65. The van der Waals surface area contributed by atoms with Crippen LogP contribution in [0.1, 0.15) is 13.3 Å². The van der Waals surface area contributed by atoms with Crippen molar-refractivity contribution in [2.45, 2.75) is 25.0 Å². The number of carbonyl (C=O) groups is 1. The van der Waals surface area contributed by atoms with Crippen LogP contribution in [0.5, 0.6) is 0 Å². The van der Waals surface area contributed by atoms with Gasteiger partial charge in [-0.1, -0.05) is 0 Å². The van der Waals surface area contributed by atoms with Gasteiger partial charge in [-0.05, 0) is 6.92 Å². The predicted octanol–water partition coefficient (Wildman–Crippen LogP) is -0.176. The highest BCUT2D eigenvalue weighted by molar-refractivity contribution is 6.09. The number of ether oxygens (including phenoxy) is 1. The fraction of sp³-hybridized carbons (Fsp3) is 0.714. The molecule has 2 rings (SSSR count). The molecule has 0 bridgehead atoms. The van der Waals surface area contributed by atoms with Gasteiger partial charge < -0.3 is 10.1 Å². The second-order valence-corrected chi connectivity index (χ2v) is 3.19. The molecule has 2 heterocycles. The molecule has 2 aliphatic rings. The minimum atomic E-state index is -0.572. The molecule has 0 saturated carbocycles. The van der Waals surface area contributed by atoms with E-state index in [1.165, 1.54) is 0 Å². The summed E-state index contributed by atoms with van der Waals surface area (Å²) in [6.07, 6.45) is 0.579. The Labute approximate surface area is 70.0 Å². The average Bonchev–Trinajstić information content (AvgIpc) is 2.44. The minimum Gasteiger partial charge on any atom is -0.375 e. The Morgan fingerprint density at radius 1 is 1.75 bits per heavy atom. The summed E-state index contributed by atoms with van der Waals surface area (Å²) in [6.45, 7) is 2.47. The molecule has 2 atom stereocenters. The average molecular weight is 169 g/mol. The highest BCUT2D eigenvalue weighted by Crippen LogP contribution is 2.28. The van der Waals surface area contributed by atoms with Crippen molar-refractivity contribution in [1.29, 1.82) is 5.41 Å². The molecule has 0 radical (unpaired) electrons. The van der Waals surface area contributed by atoms with Gasteiger partial charge >= 0.3 is 6.03 Å². The number of hydrogen-bond donors (Lipinski definition) is 3. The van der Waals surface area contributed by atoms with Crippen LogP contribution in [-0.4, -0.2) is 30.1 Å². The zero-order valence-corrected chi connectivity index (χ0v) is 6.81. The molecule has 5 heteroatoms. The van der Waals surface area contributed by atoms with Crippen molar-refractivity contribution in [2.24, 2.45) is 0 Å². The van der Waals surface area contributed by atoms with Crippen LogP contribution in [-0.2, 0) is 4.74 Å². The smallest absolute Gasteiger partial charge is 0.321 e. The zero-order chi connectivity index (χ0) is 8.77. The van der Waals surface area contributed by atoms with Crippen molar-refractivity contribution < 1.29 is 9.53 Å². The number of nitrogens with one attached hydrogen (secondary N) is 3. The van der Waals surface area contributed by atoms with E-state index in [-0.39, 0.29) is 18.0 Å². The van der Waals surface area contributed by atoms with Crippen LogP contribution in [0.15, 0.2) is 0 Å². The van der Waals surface area contributed by atoms with E-state index in [9.17, 15) is 4.79 Å². The van der Waals surface area contributed by atoms with Crippen LogP contribution in [0.25, 0.3) is 0 Å². The van der Waals surface area contributed by atoms with Gasteiger partial charge in [0.1, 0.15) is 11.4 Å². The third kappa shape index (κ3) is 0.768. The van der Waals surface area contributed by atoms with Gasteiger partial charge in [0.25, 0.3) is 0 Å². The Morgan fingerprint density at radius 3 is 2.92 bits per heavy atom. The number of carbonyl (C=O) groups excluding carboxylic acids is 1. The lowest BCUT2D eigenvalue weighted by molar-refractivity contribution is 0.105. The van der Waals surface area contributed by atoms with Crippen molar-refractivity contribution in [3.05, 3.63) is 0 Å². The maximum atomic E-state index is 10.9. The van der Waals surface area contributed by atoms with Crippen LogP contribution in [0.2, 0.25) is 0 Å². The van der Waals surface area contributed by atoms with E-state index in [2.05, 4.69) is 10.6 Å². The van der Waals surface area contributed by atoms with Gasteiger partial charge in [-0.3, -0.25) is 10.7 Å². The molecule has 2 aliphatic heterocycles. The second kappa shape index (κ2) is 2.20. The summed E-state index contributed by atoms with van der Waals surface area (Å²) in [6, 6.07) is -0.294. The Morgan fingerprint density at radius 2 is 2.50 bits per heavy atom. The normalized spacial score (nSPS) is 40.2. The Hall–Kier alpha value is -1.10. The number of amidine groups is 1. The molecule has 0 aromatic carbocycles. The molecular formula is C7H11N3O2. The lowest BCUT2D eigenvalue weighted by Crippen LogP contribution is -2.51. The number of urea groups is 1. The molecule has 12 heavy (non-hydrogen) atoms. The van der Waals surface area contributed by atoms with Crippen LogP contribution in [0.4, 0.5) is 4.79 Å². The molecule has 0 aromatic heterocycles. The van der Waals surface area contributed by atoms with Crippen molar-refractivity contribution in [3.8, 4) is 0 Å². The van der Waals surface area contributed by atoms with Crippen LogP contribution < -0.4 is 10.6 Å². The molecule has 0 aromatic rings. The lowest BCUT2D eigenvalue weighted by Gasteiger charge is -2.24. The van der Waals surface area contributed by atoms with Gasteiger partial charge in [0, 0.05) is 13.0 Å². The zero-order valence-electron chi connectivity index (χ0n) is 6.81. The monoisotopic (exact) mass is 169 g/mol. The molecule has 3 N–H and O–H groups in total. The van der Waals surface area contributed by atoms with Gasteiger partial charge in [0.05, 0.1) is 6.10 Å². The van der Waals surface area contributed by atoms with Gasteiger partial charge in [-0.15, -0.1) is 0 Å². The van der Waals surface area contributed by atoms with E-state index < -0.39 is 5.54 Å². The molecule has 5 nitrogen and oxygen atoms in total.